The Hall–Kier alpha value is -2.47. The molecule has 1 aromatic heterocycles. The first-order valence-electron chi connectivity index (χ1n) is 12.2. The smallest absolute Gasteiger partial charge is 0.256 e. The van der Waals surface area contributed by atoms with Gasteiger partial charge in [-0.25, -0.2) is 4.98 Å². The van der Waals surface area contributed by atoms with E-state index in [1.807, 2.05) is 4.90 Å². The highest BCUT2D eigenvalue weighted by atomic mass is 16.2. The van der Waals surface area contributed by atoms with Crippen molar-refractivity contribution in [2.75, 3.05) is 19.6 Å². The van der Waals surface area contributed by atoms with E-state index in [9.17, 15) is 9.59 Å². The highest BCUT2D eigenvalue weighted by Crippen LogP contribution is 2.32. The van der Waals surface area contributed by atoms with E-state index >= 15 is 0 Å². The molecule has 2 aromatic rings. The monoisotopic (exact) mass is 434 g/mol. The van der Waals surface area contributed by atoms with Crippen molar-refractivity contribution in [2.24, 2.45) is 5.92 Å². The molecule has 1 saturated heterocycles. The number of fused-ring (bicyclic) bond motifs is 1. The van der Waals surface area contributed by atoms with Crippen molar-refractivity contribution in [3.05, 3.63) is 62.8 Å². The summed E-state index contributed by atoms with van der Waals surface area (Å²) in [5.41, 5.74) is 4.23. The van der Waals surface area contributed by atoms with E-state index in [-0.39, 0.29) is 23.3 Å². The second kappa shape index (κ2) is 8.81. The number of benzene rings is 1. The van der Waals surface area contributed by atoms with Crippen LogP contribution in [-0.4, -0.2) is 45.3 Å². The maximum atomic E-state index is 12.9. The highest BCUT2D eigenvalue weighted by molar-refractivity contribution is 5.81. The van der Waals surface area contributed by atoms with Gasteiger partial charge in [-0.1, -0.05) is 38.1 Å². The molecule has 1 amide bonds. The molecule has 3 heterocycles. The van der Waals surface area contributed by atoms with Crippen LogP contribution in [0.5, 0.6) is 0 Å². The quantitative estimate of drug-likeness (QED) is 0.781. The summed E-state index contributed by atoms with van der Waals surface area (Å²) in [6.07, 6.45) is 4.84. The summed E-state index contributed by atoms with van der Waals surface area (Å²) >= 11 is 0. The third-order valence-electron chi connectivity index (χ3n) is 7.27. The van der Waals surface area contributed by atoms with E-state index in [1.54, 1.807) is 0 Å². The molecule has 1 saturated carbocycles. The fourth-order valence-corrected chi connectivity index (χ4v) is 5.10. The van der Waals surface area contributed by atoms with Gasteiger partial charge in [0.2, 0.25) is 5.91 Å². The SMILES string of the molecule is CC(C)c1ccc(CN2CCC[C@H](c3nc4c(c(=O)[nH]3)CN(C(=O)C3CC3)CC4)C2)cc1. The molecule has 6 nitrogen and oxygen atoms in total. The lowest BCUT2D eigenvalue weighted by molar-refractivity contribution is -0.133. The van der Waals surface area contributed by atoms with Gasteiger partial charge in [-0.15, -0.1) is 0 Å². The summed E-state index contributed by atoms with van der Waals surface area (Å²) < 4.78 is 0. The topological polar surface area (TPSA) is 69.3 Å². The Balaban J connectivity index is 1.27. The van der Waals surface area contributed by atoms with Crippen molar-refractivity contribution in [1.29, 1.82) is 0 Å². The summed E-state index contributed by atoms with van der Waals surface area (Å²) in [6.45, 7) is 8.47. The predicted molar refractivity (Wildman–Crippen MR) is 124 cm³/mol. The van der Waals surface area contributed by atoms with Crippen LogP contribution in [0.1, 0.15) is 79.6 Å². The van der Waals surface area contributed by atoms with Gasteiger partial charge in [-0.2, -0.15) is 0 Å². The number of carbonyl (C=O) groups is 1. The first kappa shape index (κ1) is 21.4. The van der Waals surface area contributed by atoms with Crippen LogP contribution < -0.4 is 5.56 Å². The fraction of sp³-hybridized carbons (Fsp3) is 0.577. The first-order chi connectivity index (χ1) is 15.5. The minimum Gasteiger partial charge on any atom is -0.337 e. The summed E-state index contributed by atoms with van der Waals surface area (Å²) in [6, 6.07) is 8.96. The summed E-state index contributed by atoms with van der Waals surface area (Å²) in [7, 11) is 0. The van der Waals surface area contributed by atoms with E-state index in [0.717, 1.165) is 56.8 Å². The fourth-order valence-electron chi connectivity index (χ4n) is 5.10. The molecule has 3 aliphatic rings. The molecule has 2 fully saturated rings. The van der Waals surface area contributed by atoms with Crippen LogP contribution in [0.2, 0.25) is 0 Å². The van der Waals surface area contributed by atoms with E-state index in [1.165, 1.54) is 11.1 Å². The molecule has 170 valence electrons. The van der Waals surface area contributed by atoms with Crippen molar-refractivity contribution >= 4 is 5.91 Å². The molecular weight excluding hydrogens is 400 g/mol. The van der Waals surface area contributed by atoms with Gasteiger partial charge in [0, 0.05) is 37.9 Å². The van der Waals surface area contributed by atoms with E-state index in [0.29, 0.717) is 31.0 Å². The zero-order chi connectivity index (χ0) is 22.2. The van der Waals surface area contributed by atoms with Crippen molar-refractivity contribution in [3.8, 4) is 0 Å². The molecule has 2 aliphatic heterocycles. The predicted octanol–water partition coefficient (Wildman–Crippen LogP) is 3.57. The van der Waals surface area contributed by atoms with Gasteiger partial charge in [0.05, 0.1) is 17.8 Å². The Kier molecular flexibility index (Phi) is 5.89. The lowest BCUT2D eigenvalue weighted by Crippen LogP contribution is -2.41. The Morgan fingerprint density at radius 2 is 1.94 bits per heavy atom. The number of piperidine rings is 1. The standard InChI is InChI=1S/C26H34N4O2/c1-17(2)19-7-5-18(6-8-19)14-29-12-3-4-21(15-29)24-27-23-11-13-30(26(32)20-9-10-20)16-22(23)25(31)28-24/h5-8,17,20-21H,3-4,9-16H2,1-2H3,(H,27,28,31)/t21-/m0/s1. The molecule has 5 rings (SSSR count). The molecule has 32 heavy (non-hydrogen) atoms. The van der Waals surface area contributed by atoms with Crippen molar-refractivity contribution < 1.29 is 4.79 Å². The third-order valence-corrected chi connectivity index (χ3v) is 7.27. The van der Waals surface area contributed by atoms with Gasteiger partial charge in [0.1, 0.15) is 5.82 Å². The van der Waals surface area contributed by atoms with Gasteiger partial charge in [0.15, 0.2) is 0 Å². The average Bonchev–Trinajstić information content (AvgIpc) is 3.64. The number of hydrogen-bond acceptors (Lipinski definition) is 4. The van der Waals surface area contributed by atoms with E-state index in [2.05, 4.69) is 48.0 Å². The number of carbonyl (C=O) groups excluding carboxylic acids is 1. The Labute approximate surface area is 190 Å². The Bertz CT molecular complexity index is 1040. The second-order valence-electron chi connectivity index (χ2n) is 10.1. The molecule has 6 heteroatoms. The Morgan fingerprint density at radius 3 is 2.66 bits per heavy atom. The lowest BCUT2D eigenvalue weighted by atomic mass is 9.95. The summed E-state index contributed by atoms with van der Waals surface area (Å²) in [5.74, 6) is 2.04. The van der Waals surface area contributed by atoms with Gasteiger partial charge >= 0.3 is 0 Å². The molecule has 1 N–H and O–H groups in total. The Morgan fingerprint density at radius 1 is 1.16 bits per heavy atom. The van der Waals surface area contributed by atoms with Gasteiger partial charge < -0.3 is 9.88 Å². The second-order valence-corrected chi connectivity index (χ2v) is 10.1. The number of aromatic nitrogens is 2. The number of H-pyrrole nitrogens is 1. The molecule has 1 aromatic carbocycles. The van der Waals surface area contributed by atoms with Crippen molar-refractivity contribution in [3.63, 3.8) is 0 Å². The normalized spacial score (nSPS) is 21.6. The number of nitrogens with one attached hydrogen (secondary N) is 1. The summed E-state index contributed by atoms with van der Waals surface area (Å²) in [5, 5.41) is 0. The third kappa shape index (κ3) is 4.51. The van der Waals surface area contributed by atoms with Gasteiger partial charge in [-0.05, 0) is 49.3 Å². The summed E-state index contributed by atoms with van der Waals surface area (Å²) in [4.78, 5) is 37.6. The van der Waals surface area contributed by atoms with Crippen LogP contribution in [0.15, 0.2) is 29.1 Å². The van der Waals surface area contributed by atoms with Crippen LogP contribution in [0, 0.1) is 5.92 Å². The molecule has 1 aliphatic carbocycles. The van der Waals surface area contributed by atoms with E-state index in [4.69, 9.17) is 4.98 Å². The van der Waals surface area contributed by atoms with Crippen LogP contribution in [0.4, 0.5) is 0 Å². The molecule has 0 radical (unpaired) electrons. The molecule has 0 unspecified atom stereocenters. The van der Waals surface area contributed by atoms with Crippen LogP contribution in [-0.2, 0) is 24.3 Å². The molecule has 0 spiro atoms. The zero-order valence-corrected chi connectivity index (χ0v) is 19.3. The number of amides is 1. The van der Waals surface area contributed by atoms with Gasteiger partial charge in [0.25, 0.3) is 5.56 Å². The minimum absolute atomic E-state index is 0.0558. The van der Waals surface area contributed by atoms with Crippen molar-refractivity contribution in [1.82, 2.24) is 19.8 Å². The average molecular weight is 435 g/mol. The number of aromatic amines is 1. The number of likely N-dealkylation sites (tertiary alicyclic amines) is 1. The first-order valence-corrected chi connectivity index (χ1v) is 12.2. The minimum atomic E-state index is -0.0558. The van der Waals surface area contributed by atoms with Crippen molar-refractivity contribution in [2.45, 2.75) is 70.9 Å². The molecule has 0 bridgehead atoms. The zero-order valence-electron chi connectivity index (χ0n) is 19.3. The highest BCUT2D eigenvalue weighted by Gasteiger charge is 2.35. The van der Waals surface area contributed by atoms with Crippen LogP contribution in [0.25, 0.3) is 0 Å². The molecular formula is C26H34N4O2. The maximum absolute atomic E-state index is 12.9. The maximum Gasteiger partial charge on any atom is 0.256 e. The van der Waals surface area contributed by atoms with E-state index < -0.39 is 0 Å². The lowest BCUT2D eigenvalue weighted by Gasteiger charge is -2.33. The molecule has 1 atom stereocenters. The number of hydrogen-bond donors (Lipinski definition) is 1. The van der Waals surface area contributed by atoms with Gasteiger partial charge in [-0.3, -0.25) is 14.5 Å². The largest absolute Gasteiger partial charge is 0.337 e. The number of rotatable bonds is 5. The van der Waals surface area contributed by atoms with Crippen LogP contribution >= 0.6 is 0 Å². The van der Waals surface area contributed by atoms with Crippen LogP contribution in [0.3, 0.4) is 0 Å². The number of nitrogens with zero attached hydrogens (tertiary/aromatic N) is 3.